The second-order valence-electron chi connectivity index (χ2n) is 5.66. The molecule has 0 saturated heterocycles. The van der Waals surface area contributed by atoms with E-state index in [0.717, 1.165) is 38.4 Å². The van der Waals surface area contributed by atoms with Crippen molar-refractivity contribution in [3.8, 4) is 0 Å². The summed E-state index contributed by atoms with van der Waals surface area (Å²) in [6.45, 7) is 0. The van der Waals surface area contributed by atoms with E-state index in [-0.39, 0.29) is 18.2 Å². The molecule has 2 N–H and O–H groups in total. The Morgan fingerprint density at radius 2 is 1.86 bits per heavy atom. The van der Waals surface area contributed by atoms with E-state index in [1.54, 1.807) is 7.05 Å². The number of rotatable bonds is 6. The number of nitrogens with one attached hydrogen (secondary N) is 1. The minimum atomic E-state index is -3.26. The van der Waals surface area contributed by atoms with Crippen LogP contribution in [0.25, 0.3) is 0 Å². The van der Waals surface area contributed by atoms with E-state index in [1.165, 1.54) is 4.90 Å². The van der Waals surface area contributed by atoms with Crippen molar-refractivity contribution in [2.75, 3.05) is 19.1 Å². The predicted molar refractivity (Wildman–Crippen MR) is 78.9 cm³/mol. The van der Waals surface area contributed by atoms with Gasteiger partial charge in [0.05, 0.1) is 5.75 Å². The second-order valence-corrected chi connectivity index (χ2v) is 7.92. The van der Waals surface area contributed by atoms with Gasteiger partial charge in [-0.2, -0.15) is 0 Å². The zero-order chi connectivity index (χ0) is 16.0. The van der Waals surface area contributed by atoms with Crippen LogP contribution < -0.4 is 5.32 Å². The van der Waals surface area contributed by atoms with Crippen molar-refractivity contribution in [1.29, 1.82) is 0 Å². The molecule has 0 aromatic rings. The molecule has 7 nitrogen and oxygen atoms in total. The first kappa shape index (κ1) is 17.7. The molecular formula is C13H24N2O5S. The van der Waals surface area contributed by atoms with Gasteiger partial charge in [0.25, 0.3) is 0 Å². The Hall–Kier alpha value is -1.31. The van der Waals surface area contributed by atoms with Gasteiger partial charge in [-0.05, 0) is 19.3 Å². The van der Waals surface area contributed by atoms with E-state index in [2.05, 4.69) is 5.32 Å². The van der Waals surface area contributed by atoms with Crippen molar-refractivity contribution in [3.63, 3.8) is 0 Å². The van der Waals surface area contributed by atoms with Crippen molar-refractivity contribution in [1.82, 2.24) is 10.2 Å². The van der Waals surface area contributed by atoms with E-state index in [0.29, 0.717) is 0 Å². The molecular weight excluding hydrogens is 296 g/mol. The van der Waals surface area contributed by atoms with Crippen molar-refractivity contribution in [2.45, 2.75) is 50.6 Å². The lowest BCUT2D eigenvalue weighted by Crippen LogP contribution is -2.50. The van der Waals surface area contributed by atoms with E-state index in [4.69, 9.17) is 5.11 Å². The van der Waals surface area contributed by atoms with Crippen LogP contribution in [0.4, 0.5) is 4.79 Å². The van der Waals surface area contributed by atoms with Crippen LogP contribution in [0.2, 0.25) is 0 Å². The predicted octanol–water partition coefficient (Wildman–Crippen LogP) is 0.848. The molecule has 1 saturated carbocycles. The molecule has 0 aliphatic heterocycles. The van der Waals surface area contributed by atoms with Gasteiger partial charge < -0.3 is 15.3 Å². The van der Waals surface area contributed by atoms with Gasteiger partial charge in [0.15, 0.2) is 0 Å². The fourth-order valence-electron chi connectivity index (χ4n) is 2.47. The van der Waals surface area contributed by atoms with Gasteiger partial charge in [0.2, 0.25) is 0 Å². The summed E-state index contributed by atoms with van der Waals surface area (Å²) in [5.41, 5.74) is 0. The van der Waals surface area contributed by atoms with Gasteiger partial charge in [0, 0.05) is 19.3 Å². The minimum Gasteiger partial charge on any atom is -0.480 e. The molecule has 1 rings (SSSR count). The second kappa shape index (κ2) is 7.63. The Kier molecular flexibility index (Phi) is 6.44. The maximum absolute atomic E-state index is 12.1. The number of carbonyl (C=O) groups excluding carboxylic acids is 1. The number of carboxylic acids is 1. The van der Waals surface area contributed by atoms with Gasteiger partial charge in [-0.1, -0.05) is 19.3 Å². The number of carbonyl (C=O) groups is 2. The molecule has 2 amide bonds. The highest BCUT2D eigenvalue weighted by Crippen LogP contribution is 2.21. The molecule has 0 spiro atoms. The van der Waals surface area contributed by atoms with Crippen LogP contribution in [0.15, 0.2) is 0 Å². The van der Waals surface area contributed by atoms with Crippen LogP contribution >= 0.6 is 0 Å². The summed E-state index contributed by atoms with van der Waals surface area (Å²) in [4.78, 5) is 24.7. The molecule has 1 aliphatic carbocycles. The number of aliphatic carboxylic acids is 1. The molecule has 0 aromatic carbocycles. The lowest BCUT2D eigenvalue weighted by molar-refractivity contribution is -0.139. The third kappa shape index (κ3) is 6.33. The summed E-state index contributed by atoms with van der Waals surface area (Å²) in [6, 6.07) is -1.51. The molecule has 8 heteroatoms. The van der Waals surface area contributed by atoms with Crippen LogP contribution in [-0.4, -0.2) is 61.6 Å². The first-order valence-corrected chi connectivity index (χ1v) is 9.20. The number of hydrogen-bond acceptors (Lipinski definition) is 4. The number of amides is 2. The quantitative estimate of drug-likeness (QED) is 0.755. The van der Waals surface area contributed by atoms with Crippen molar-refractivity contribution in [3.05, 3.63) is 0 Å². The monoisotopic (exact) mass is 320 g/mol. The van der Waals surface area contributed by atoms with E-state index in [9.17, 15) is 18.0 Å². The molecule has 0 aromatic heterocycles. The van der Waals surface area contributed by atoms with Gasteiger partial charge in [0.1, 0.15) is 15.9 Å². The van der Waals surface area contributed by atoms with E-state index < -0.39 is 27.9 Å². The Morgan fingerprint density at radius 3 is 2.33 bits per heavy atom. The standard InChI is InChI=1S/C13H24N2O5S/c1-15(10-6-4-3-5-7-10)13(18)14-11(12(16)17)8-9-21(2,19)20/h10-11H,3-9H2,1-2H3,(H,14,18)(H,16,17). The first-order valence-electron chi connectivity index (χ1n) is 7.14. The Labute approximate surface area is 125 Å². The number of sulfone groups is 1. The molecule has 0 heterocycles. The number of urea groups is 1. The van der Waals surface area contributed by atoms with E-state index in [1.807, 2.05) is 0 Å². The van der Waals surface area contributed by atoms with Crippen molar-refractivity contribution < 1.29 is 23.1 Å². The number of hydrogen-bond donors (Lipinski definition) is 2. The summed E-state index contributed by atoms with van der Waals surface area (Å²) >= 11 is 0. The summed E-state index contributed by atoms with van der Waals surface area (Å²) in [5, 5.41) is 11.5. The molecule has 1 unspecified atom stereocenters. The van der Waals surface area contributed by atoms with Crippen LogP contribution in [0, 0.1) is 0 Å². The molecule has 0 radical (unpaired) electrons. The fourth-order valence-corrected chi connectivity index (χ4v) is 3.14. The third-order valence-corrected chi connectivity index (χ3v) is 4.79. The summed E-state index contributed by atoms with van der Waals surface area (Å²) < 4.78 is 22.2. The smallest absolute Gasteiger partial charge is 0.326 e. The Bertz CT molecular complexity index is 471. The molecule has 122 valence electrons. The first-order chi connectivity index (χ1) is 9.70. The zero-order valence-corrected chi connectivity index (χ0v) is 13.4. The number of carboxylic acid groups (broad SMARTS) is 1. The van der Waals surface area contributed by atoms with Crippen molar-refractivity contribution in [2.24, 2.45) is 0 Å². The maximum Gasteiger partial charge on any atom is 0.326 e. The summed E-state index contributed by atoms with van der Waals surface area (Å²) in [6.07, 6.45) is 6.06. The van der Waals surface area contributed by atoms with Gasteiger partial charge in [-0.3, -0.25) is 0 Å². The lowest BCUT2D eigenvalue weighted by atomic mass is 9.95. The molecule has 1 atom stereocenters. The van der Waals surface area contributed by atoms with Gasteiger partial charge in [-0.15, -0.1) is 0 Å². The maximum atomic E-state index is 12.1. The summed E-state index contributed by atoms with van der Waals surface area (Å²) in [5.74, 6) is -1.48. The fraction of sp³-hybridized carbons (Fsp3) is 0.846. The average Bonchev–Trinajstić information content (AvgIpc) is 2.42. The lowest BCUT2D eigenvalue weighted by Gasteiger charge is -2.32. The molecule has 21 heavy (non-hydrogen) atoms. The highest BCUT2D eigenvalue weighted by Gasteiger charge is 2.26. The van der Waals surface area contributed by atoms with E-state index >= 15 is 0 Å². The van der Waals surface area contributed by atoms with Crippen LogP contribution in [0.3, 0.4) is 0 Å². The molecule has 1 aliphatic rings. The van der Waals surface area contributed by atoms with Crippen LogP contribution in [0.1, 0.15) is 38.5 Å². The topological polar surface area (TPSA) is 104 Å². The number of nitrogens with zero attached hydrogens (tertiary/aromatic N) is 1. The van der Waals surface area contributed by atoms with Gasteiger partial charge >= 0.3 is 12.0 Å². The highest BCUT2D eigenvalue weighted by atomic mass is 32.2. The highest BCUT2D eigenvalue weighted by molar-refractivity contribution is 7.90. The van der Waals surface area contributed by atoms with Gasteiger partial charge in [-0.25, -0.2) is 18.0 Å². The third-order valence-electron chi connectivity index (χ3n) is 3.82. The SMILES string of the molecule is CN(C(=O)NC(CCS(C)(=O)=O)C(=O)O)C1CCCCC1. The van der Waals surface area contributed by atoms with Crippen LogP contribution in [0.5, 0.6) is 0 Å². The van der Waals surface area contributed by atoms with Crippen LogP contribution in [-0.2, 0) is 14.6 Å². The summed E-state index contributed by atoms with van der Waals surface area (Å²) in [7, 11) is -1.60. The minimum absolute atomic E-state index is 0.127. The normalized spacial score (nSPS) is 18.0. The average molecular weight is 320 g/mol. The molecule has 0 bridgehead atoms. The molecule has 1 fully saturated rings. The largest absolute Gasteiger partial charge is 0.480 e. The Balaban J connectivity index is 2.56. The van der Waals surface area contributed by atoms with Crippen molar-refractivity contribution >= 4 is 21.8 Å². The zero-order valence-electron chi connectivity index (χ0n) is 12.5. The Morgan fingerprint density at radius 1 is 1.29 bits per heavy atom.